The summed E-state index contributed by atoms with van der Waals surface area (Å²) in [7, 11) is 1.51. The molecule has 0 bridgehead atoms. The van der Waals surface area contributed by atoms with E-state index in [1.54, 1.807) is 6.21 Å². The van der Waals surface area contributed by atoms with Gasteiger partial charge in [0.1, 0.15) is 43.0 Å². The van der Waals surface area contributed by atoms with Crippen molar-refractivity contribution in [3.8, 4) is 11.5 Å². The van der Waals surface area contributed by atoms with E-state index in [2.05, 4.69) is 15.0 Å². The quantitative estimate of drug-likeness (QED) is 0.407. The molecule has 0 atom stereocenters. The molecule has 0 fully saturated rings. The molecule has 0 spiro atoms. The molecule has 1 heterocycles. The van der Waals surface area contributed by atoms with Crippen LogP contribution in [0, 0.1) is 13.8 Å². The van der Waals surface area contributed by atoms with Crippen molar-refractivity contribution in [1.82, 2.24) is 4.98 Å². The Morgan fingerprint density at radius 3 is 2.62 bits per heavy atom. The number of benzene rings is 1. The first-order valence-corrected chi connectivity index (χ1v) is 8.51. The number of hydrogen-bond donors (Lipinski definition) is 0. The Labute approximate surface area is 146 Å². The second-order valence-corrected chi connectivity index (χ2v) is 6.04. The predicted molar refractivity (Wildman–Crippen MR) is 97.3 cm³/mol. The van der Waals surface area contributed by atoms with Gasteiger partial charge in [-0.25, -0.2) is 4.98 Å². The maximum Gasteiger partial charge on any atom is 0.138 e. The summed E-state index contributed by atoms with van der Waals surface area (Å²) in [6.45, 7) is 6.99. The lowest BCUT2D eigenvalue weighted by atomic mass is 10.1. The number of allylic oxidation sites excluding steroid dienone is 1. The van der Waals surface area contributed by atoms with Gasteiger partial charge in [0, 0.05) is 5.38 Å². The summed E-state index contributed by atoms with van der Waals surface area (Å²) in [4.78, 5) is 9.07. The van der Waals surface area contributed by atoms with Crippen LogP contribution in [0.4, 0.5) is 0 Å². The summed E-state index contributed by atoms with van der Waals surface area (Å²) in [5.41, 5.74) is 2.95. The lowest BCUT2D eigenvalue weighted by Crippen LogP contribution is -2.01. The van der Waals surface area contributed by atoms with Gasteiger partial charge < -0.3 is 14.3 Å². The zero-order valence-electron chi connectivity index (χ0n) is 14.4. The monoisotopic (exact) mass is 346 g/mol. The van der Waals surface area contributed by atoms with Crippen molar-refractivity contribution < 1.29 is 14.3 Å². The molecular formula is C18H22N2O3S. The van der Waals surface area contributed by atoms with E-state index in [1.165, 1.54) is 18.4 Å². The maximum atomic E-state index is 5.95. The van der Waals surface area contributed by atoms with Gasteiger partial charge in [-0.1, -0.05) is 17.3 Å². The molecule has 0 saturated heterocycles. The third-order valence-corrected chi connectivity index (χ3v) is 4.05. The number of ether oxygens (including phenoxy) is 2. The van der Waals surface area contributed by atoms with E-state index in [4.69, 9.17) is 9.47 Å². The van der Waals surface area contributed by atoms with E-state index in [1.807, 2.05) is 50.4 Å². The van der Waals surface area contributed by atoms with Crippen LogP contribution >= 0.6 is 11.3 Å². The molecule has 6 heteroatoms. The van der Waals surface area contributed by atoms with Crippen molar-refractivity contribution in [3.05, 3.63) is 51.5 Å². The smallest absolute Gasteiger partial charge is 0.138 e. The van der Waals surface area contributed by atoms with Gasteiger partial charge >= 0.3 is 0 Å². The predicted octanol–water partition coefficient (Wildman–Crippen LogP) is 4.27. The Bertz CT molecular complexity index is 700. The topological polar surface area (TPSA) is 52.9 Å². The Hall–Kier alpha value is -2.34. The normalized spacial score (nSPS) is 11.3. The molecule has 0 N–H and O–H groups in total. The van der Waals surface area contributed by atoms with Crippen LogP contribution in [0.5, 0.6) is 11.5 Å². The number of rotatable bonds is 8. The molecular weight excluding hydrogens is 324 g/mol. The molecule has 5 nitrogen and oxygen atoms in total. The summed E-state index contributed by atoms with van der Waals surface area (Å²) in [6, 6.07) is 3.98. The van der Waals surface area contributed by atoms with Crippen molar-refractivity contribution in [2.75, 3.05) is 13.7 Å². The van der Waals surface area contributed by atoms with Crippen LogP contribution in [0.15, 0.2) is 34.8 Å². The van der Waals surface area contributed by atoms with Gasteiger partial charge in [0.05, 0.1) is 5.69 Å². The molecule has 0 aliphatic heterocycles. The SMILES string of the molecule is C/C=C/COc1cc(C)c(OCc2csc(C=NOC)n2)c(C)c1. The first-order chi connectivity index (χ1) is 11.6. The fraction of sp³-hybridized carbons (Fsp3) is 0.333. The highest BCUT2D eigenvalue weighted by Crippen LogP contribution is 2.29. The van der Waals surface area contributed by atoms with Crippen LogP contribution in [0.1, 0.15) is 28.8 Å². The van der Waals surface area contributed by atoms with Crippen LogP contribution < -0.4 is 9.47 Å². The minimum atomic E-state index is 0.414. The van der Waals surface area contributed by atoms with Gasteiger partial charge in [-0.2, -0.15) is 0 Å². The largest absolute Gasteiger partial charge is 0.490 e. The van der Waals surface area contributed by atoms with E-state index in [9.17, 15) is 0 Å². The molecule has 1 aromatic carbocycles. The number of oxime groups is 1. The summed E-state index contributed by atoms with van der Waals surface area (Å²) in [5.74, 6) is 1.72. The number of aromatic nitrogens is 1. The average molecular weight is 346 g/mol. The van der Waals surface area contributed by atoms with Gasteiger partial charge in [-0.05, 0) is 44.0 Å². The van der Waals surface area contributed by atoms with Crippen LogP contribution in [-0.4, -0.2) is 24.9 Å². The van der Waals surface area contributed by atoms with Crippen molar-refractivity contribution >= 4 is 17.6 Å². The number of hydrogen-bond acceptors (Lipinski definition) is 6. The van der Waals surface area contributed by atoms with E-state index >= 15 is 0 Å². The Morgan fingerprint density at radius 1 is 1.21 bits per heavy atom. The van der Waals surface area contributed by atoms with E-state index in [0.717, 1.165) is 33.3 Å². The second-order valence-electron chi connectivity index (χ2n) is 5.15. The fourth-order valence-corrected chi connectivity index (χ4v) is 2.81. The highest BCUT2D eigenvalue weighted by Gasteiger charge is 2.09. The third-order valence-electron chi connectivity index (χ3n) is 3.22. The summed E-state index contributed by atoms with van der Waals surface area (Å²) < 4.78 is 11.6. The molecule has 2 aromatic rings. The first-order valence-electron chi connectivity index (χ1n) is 7.63. The minimum Gasteiger partial charge on any atom is -0.490 e. The number of thiazole rings is 1. The lowest BCUT2D eigenvalue weighted by molar-refractivity contribution is 0.215. The van der Waals surface area contributed by atoms with Gasteiger partial charge in [-0.15, -0.1) is 11.3 Å². The minimum absolute atomic E-state index is 0.414. The highest BCUT2D eigenvalue weighted by atomic mass is 32.1. The van der Waals surface area contributed by atoms with Gasteiger partial charge in [0.15, 0.2) is 0 Å². The molecule has 0 amide bonds. The van der Waals surface area contributed by atoms with Gasteiger partial charge in [0.2, 0.25) is 0 Å². The maximum absolute atomic E-state index is 5.95. The van der Waals surface area contributed by atoms with Crippen molar-refractivity contribution in [1.29, 1.82) is 0 Å². The zero-order valence-corrected chi connectivity index (χ0v) is 15.2. The molecule has 1 aromatic heterocycles. The van der Waals surface area contributed by atoms with Crippen molar-refractivity contribution in [3.63, 3.8) is 0 Å². The first kappa shape index (κ1) is 18.0. The van der Waals surface area contributed by atoms with E-state index in [-0.39, 0.29) is 0 Å². The Morgan fingerprint density at radius 2 is 1.96 bits per heavy atom. The van der Waals surface area contributed by atoms with Crippen molar-refractivity contribution in [2.24, 2.45) is 5.16 Å². The highest BCUT2D eigenvalue weighted by molar-refractivity contribution is 7.11. The fourth-order valence-electron chi connectivity index (χ4n) is 2.15. The number of nitrogens with zero attached hydrogens (tertiary/aromatic N) is 2. The molecule has 0 saturated carbocycles. The molecule has 0 aliphatic rings. The second kappa shape index (κ2) is 9.08. The standard InChI is InChI=1S/C18H22N2O3S/c1-5-6-7-22-16-8-13(2)18(14(3)9-16)23-11-15-12-24-17(20-15)10-19-21-4/h5-6,8-10,12H,7,11H2,1-4H3/b6-5+,19-10?. The summed E-state index contributed by atoms with van der Waals surface area (Å²) in [6.07, 6.45) is 5.53. The molecule has 24 heavy (non-hydrogen) atoms. The Balaban J connectivity index is 2.01. The molecule has 128 valence electrons. The third kappa shape index (κ3) is 5.09. The number of aryl methyl sites for hydroxylation is 2. The molecule has 0 radical (unpaired) electrons. The summed E-state index contributed by atoms with van der Waals surface area (Å²) in [5, 5.41) is 6.45. The van der Waals surface area contributed by atoms with Crippen molar-refractivity contribution in [2.45, 2.75) is 27.4 Å². The summed E-state index contributed by atoms with van der Waals surface area (Å²) >= 11 is 1.50. The average Bonchev–Trinajstić information content (AvgIpc) is 3.00. The molecule has 0 unspecified atom stereocenters. The van der Waals surface area contributed by atoms with Crippen LogP contribution in [0.25, 0.3) is 0 Å². The zero-order chi connectivity index (χ0) is 17.4. The van der Waals surface area contributed by atoms with Gasteiger partial charge in [-0.3, -0.25) is 0 Å². The van der Waals surface area contributed by atoms with Gasteiger partial charge in [0.25, 0.3) is 0 Å². The van der Waals surface area contributed by atoms with Crippen LogP contribution in [0.2, 0.25) is 0 Å². The Kier molecular flexibility index (Phi) is 6.81. The van der Waals surface area contributed by atoms with Crippen LogP contribution in [-0.2, 0) is 11.4 Å². The lowest BCUT2D eigenvalue weighted by Gasteiger charge is -2.13. The van der Waals surface area contributed by atoms with E-state index < -0.39 is 0 Å². The molecule has 0 aliphatic carbocycles. The van der Waals surface area contributed by atoms with E-state index in [0.29, 0.717) is 13.2 Å². The molecule has 2 rings (SSSR count). The van der Waals surface area contributed by atoms with Crippen LogP contribution in [0.3, 0.4) is 0 Å².